The van der Waals surface area contributed by atoms with Crippen molar-refractivity contribution in [2.75, 3.05) is 19.7 Å². The van der Waals surface area contributed by atoms with E-state index in [-0.39, 0.29) is 18.6 Å². The lowest BCUT2D eigenvalue weighted by Crippen LogP contribution is -2.55. The lowest BCUT2D eigenvalue weighted by molar-refractivity contribution is -0.0713. The van der Waals surface area contributed by atoms with Crippen LogP contribution in [0.1, 0.15) is 6.42 Å². The van der Waals surface area contributed by atoms with Gasteiger partial charge in [-0.05, 0) is 12.1 Å². The number of rotatable bonds is 5. The summed E-state index contributed by atoms with van der Waals surface area (Å²) in [5.74, 6) is 0.462. The Morgan fingerprint density at radius 2 is 1.95 bits per heavy atom. The molecule has 5 nitrogen and oxygen atoms in total. The smallest absolute Gasteiger partial charge is 0.119 e. The summed E-state index contributed by atoms with van der Waals surface area (Å²) in [7, 11) is 0. The van der Waals surface area contributed by atoms with E-state index in [9.17, 15) is 10.2 Å². The molecular formula is C14H21NO4. The van der Waals surface area contributed by atoms with Crippen molar-refractivity contribution in [1.82, 2.24) is 5.32 Å². The highest BCUT2D eigenvalue weighted by molar-refractivity contribution is 5.21. The average Bonchev–Trinajstić information content (AvgIpc) is 2.43. The van der Waals surface area contributed by atoms with Crippen molar-refractivity contribution in [1.29, 1.82) is 0 Å². The van der Waals surface area contributed by atoms with Crippen LogP contribution in [0.5, 0.6) is 5.75 Å². The van der Waals surface area contributed by atoms with Gasteiger partial charge in [-0.2, -0.15) is 0 Å². The maximum atomic E-state index is 10.1. The highest BCUT2D eigenvalue weighted by atomic mass is 16.5. The molecule has 1 aromatic rings. The van der Waals surface area contributed by atoms with Gasteiger partial charge in [0.1, 0.15) is 11.9 Å². The van der Waals surface area contributed by atoms with Gasteiger partial charge < -0.3 is 25.4 Å². The zero-order chi connectivity index (χ0) is 13.7. The number of hydrogen-bond donors (Lipinski definition) is 4. The fourth-order valence-corrected chi connectivity index (χ4v) is 2.44. The number of β-amino-alcohol motifs (C(OH)–C–C–N with tert-alkyl or cyclic N) is 1. The summed E-state index contributed by atoms with van der Waals surface area (Å²) < 4.78 is 5.84. The van der Waals surface area contributed by atoms with Crippen molar-refractivity contribution in [2.24, 2.45) is 5.92 Å². The minimum absolute atomic E-state index is 0.0170. The van der Waals surface area contributed by atoms with Crippen LogP contribution in [-0.2, 0) is 0 Å². The van der Waals surface area contributed by atoms with Gasteiger partial charge in [0.05, 0.1) is 12.2 Å². The highest BCUT2D eigenvalue weighted by Crippen LogP contribution is 2.23. The number of nitrogens with one attached hydrogen (secondary N) is 1. The van der Waals surface area contributed by atoms with Crippen LogP contribution in [0.4, 0.5) is 0 Å². The van der Waals surface area contributed by atoms with Crippen LogP contribution < -0.4 is 10.1 Å². The predicted molar refractivity (Wildman–Crippen MR) is 70.9 cm³/mol. The van der Waals surface area contributed by atoms with Gasteiger partial charge in [-0.3, -0.25) is 0 Å². The van der Waals surface area contributed by atoms with Crippen LogP contribution in [-0.4, -0.2) is 53.3 Å². The Hall–Kier alpha value is -1.14. The van der Waals surface area contributed by atoms with Gasteiger partial charge in [-0.1, -0.05) is 18.2 Å². The molecule has 0 saturated carbocycles. The number of aliphatic hydroxyl groups excluding tert-OH is 3. The second kappa shape index (κ2) is 6.86. The van der Waals surface area contributed by atoms with Gasteiger partial charge >= 0.3 is 0 Å². The maximum absolute atomic E-state index is 10.1. The minimum Gasteiger partial charge on any atom is -0.490 e. The van der Waals surface area contributed by atoms with Crippen LogP contribution in [0.3, 0.4) is 0 Å². The maximum Gasteiger partial charge on any atom is 0.119 e. The fraction of sp³-hybridized carbons (Fsp3) is 0.571. The van der Waals surface area contributed by atoms with Crippen LogP contribution >= 0.6 is 0 Å². The van der Waals surface area contributed by atoms with Crippen molar-refractivity contribution in [3.63, 3.8) is 0 Å². The normalized spacial score (nSPS) is 28.9. The number of ether oxygens (including phenoxy) is 1. The third-order valence-electron chi connectivity index (χ3n) is 3.49. The Morgan fingerprint density at radius 1 is 1.21 bits per heavy atom. The summed E-state index contributed by atoms with van der Waals surface area (Å²) in [6, 6.07) is 9.31. The molecule has 4 unspecified atom stereocenters. The van der Waals surface area contributed by atoms with Gasteiger partial charge in [0.2, 0.25) is 0 Å². The second-order valence-electron chi connectivity index (χ2n) is 4.86. The number of para-hydroxylation sites is 1. The first-order valence-corrected chi connectivity index (χ1v) is 6.61. The van der Waals surface area contributed by atoms with E-state index in [0.717, 1.165) is 0 Å². The predicted octanol–water partition coefficient (Wildman–Crippen LogP) is -0.242. The van der Waals surface area contributed by atoms with E-state index in [1.807, 2.05) is 30.3 Å². The molecule has 1 aliphatic rings. The van der Waals surface area contributed by atoms with Crippen LogP contribution in [0.15, 0.2) is 30.3 Å². The minimum atomic E-state index is -0.832. The zero-order valence-corrected chi connectivity index (χ0v) is 10.8. The Bertz CT molecular complexity index is 373. The lowest BCUT2D eigenvalue weighted by atomic mass is 9.87. The largest absolute Gasteiger partial charge is 0.490 e. The zero-order valence-electron chi connectivity index (χ0n) is 10.8. The van der Waals surface area contributed by atoms with Crippen molar-refractivity contribution < 1.29 is 20.1 Å². The Labute approximate surface area is 112 Å². The summed E-state index contributed by atoms with van der Waals surface area (Å²) in [6.45, 7) is 0.932. The lowest BCUT2D eigenvalue weighted by Gasteiger charge is -2.37. The van der Waals surface area contributed by atoms with E-state index < -0.39 is 12.2 Å². The van der Waals surface area contributed by atoms with Gasteiger partial charge in [0, 0.05) is 32.0 Å². The van der Waals surface area contributed by atoms with E-state index in [1.165, 1.54) is 0 Å². The Kier molecular flexibility index (Phi) is 5.15. The molecule has 0 radical (unpaired) electrons. The van der Waals surface area contributed by atoms with Gasteiger partial charge in [-0.25, -0.2) is 0 Å². The first kappa shape index (κ1) is 14.3. The van der Waals surface area contributed by atoms with E-state index in [4.69, 9.17) is 9.84 Å². The monoisotopic (exact) mass is 267 g/mol. The molecule has 106 valence electrons. The number of piperidine rings is 1. The molecule has 0 amide bonds. The van der Waals surface area contributed by atoms with E-state index >= 15 is 0 Å². The average molecular weight is 267 g/mol. The molecule has 5 heteroatoms. The van der Waals surface area contributed by atoms with Crippen molar-refractivity contribution in [3.05, 3.63) is 30.3 Å². The number of aliphatic hydroxyl groups is 3. The topological polar surface area (TPSA) is 82.0 Å². The molecule has 2 rings (SSSR count). The van der Waals surface area contributed by atoms with Gasteiger partial charge in [0.15, 0.2) is 0 Å². The van der Waals surface area contributed by atoms with E-state index in [1.54, 1.807) is 0 Å². The third kappa shape index (κ3) is 3.67. The summed E-state index contributed by atoms with van der Waals surface area (Å²) in [6.07, 6.45) is -1.53. The first-order valence-electron chi connectivity index (χ1n) is 6.61. The molecule has 1 fully saturated rings. The molecule has 0 bridgehead atoms. The van der Waals surface area contributed by atoms with E-state index in [0.29, 0.717) is 25.3 Å². The van der Waals surface area contributed by atoms with Crippen molar-refractivity contribution in [2.45, 2.75) is 24.7 Å². The highest BCUT2D eigenvalue weighted by Gasteiger charge is 2.36. The van der Waals surface area contributed by atoms with Crippen LogP contribution in [0.25, 0.3) is 0 Å². The molecule has 1 saturated heterocycles. The molecular weight excluding hydrogens is 246 g/mol. The second-order valence-corrected chi connectivity index (χ2v) is 4.86. The SMILES string of the molecule is OCCC(Oc1ccccc1)C1CNCC(O)C1O. The van der Waals surface area contributed by atoms with Gasteiger partial charge in [0.25, 0.3) is 0 Å². The van der Waals surface area contributed by atoms with Crippen LogP contribution in [0.2, 0.25) is 0 Å². The van der Waals surface area contributed by atoms with Crippen molar-refractivity contribution in [3.8, 4) is 5.75 Å². The summed E-state index contributed by atoms with van der Waals surface area (Å²) >= 11 is 0. The number of benzene rings is 1. The quantitative estimate of drug-likeness (QED) is 0.592. The first-order chi connectivity index (χ1) is 9.22. The standard InChI is InChI=1S/C14H21NO4/c16-7-6-13(19-10-4-2-1-3-5-10)11-8-15-9-12(17)14(11)18/h1-5,11-18H,6-9H2. The van der Waals surface area contributed by atoms with Crippen molar-refractivity contribution >= 4 is 0 Å². The molecule has 0 aromatic heterocycles. The summed E-state index contributed by atoms with van der Waals surface area (Å²) in [5, 5.41) is 32.0. The molecule has 19 heavy (non-hydrogen) atoms. The molecule has 1 heterocycles. The Morgan fingerprint density at radius 3 is 2.63 bits per heavy atom. The number of hydrogen-bond acceptors (Lipinski definition) is 5. The molecule has 1 aliphatic heterocycles. The third-order valence-corrected chi connectivity index (χ3v) is 3.49. The van der Waals surface area contributed by atoms with E-state index in [2.05, 4.69) is 5.32 Å². The summed E-state index contributed by atoms with van der Waals surface area (Å²) in [5.41, 5.74) is 0. The van der Waals surface area contributed by atoms with Crippen LogP contribution in [0, 0.1) is 5.92 Å². The molecule has 1 aromatic carbocycles. The molecule has 0 spiro atoms. The Balaban J connectivity index is 2.06. The molecule has 4 N–H and O–H groups in total. The molecule has 4 atom stereocenters. The fourth-order valence-electron chi connectivity index (χ4n) is 2.44. The van der Waals surface area contributed by atoms with Gasteiger partial charge in [-0.15, -0.1) is 0 Å². The summed E-state index contributed by atoms with van der Waals surface area (Å²) in [4.78, 5) is 0. The molecule has 0 aliphatic carbocycles.